The molecule has 3 rings (SSSR count). The van der Waals surface area contributed by atoms with Gasteiger partial charge in [-0.2, -0.15) is 0 Å². The van der Waals surface area contributed by atoms with E-state index in [1.54, 1.807) is 0 Å². The van der Waals surface area contributed by atoms with Gasteiger partial charge in [0.25, 0.3) is 0 Å². The molecule has 4 N–H and O–H groups in total. The maximum Gasteiger partial charge on any atom is 0.173 e. The summed E-state index contributed by atoms with van der Waals surface area (Å²) in [5.74, 6) is 1.51. The number of halogens is 1. The number of hydrogen-bond acceptors (Lipinski definition) is 6. The fourth-order valence-corrected chi connectivity index (χ4v) is 2.62. The van der Waals surface area contributed by atoms with Gasteiger partial charge >= 0.3 is 0 Å². The van der Waals surface area contributed by atoms with Gasteiger partial charge < -0.3 is 25.3 Å². The quantitative estimate of drug-likeness (QED) is 0.500. The highest BCUT2D eigenvalue weighted by molar-refractivity contribution is 6.15. The first-order valence-electron chi connectivity index (χ1n) is 6.39. The van der Waals surface area contributed by atoms with E-state index < -0.39 is 29.8 Å². The van der Waals surface area contributed by atoms with E-state index in [1.807, 2.05) is 0 Å². The zero-order valence-electron chi connectivity index (χ0n) is 11.4. The van der Waals surface area contributed by atoms with Crippen LogP contribution in [0, 0.1) is 18.2 Å². The Morgan fingerprint density at radius 3 is 2.95 bits per heavy atom. The van der Waals surface area contributed by atoms with Crippen molar-refractivity contribution in [2.24, 2.45) is 0 Å². The molecule has 1 aliphatic rings. The van der Waals surface area contributed by atoms with Crippen LogP contribution in [0.3, 0.4) is 0 Å². The van der Waals surface area contributed by atoms with E-state index in [9.17, 15) is 14.6 Å². The van der Waals surface area contributed by atoms with Crippen LogP contribution in [0.25, 0.3) is 11.0 Å². The summed E-state index contributed by atoms with van der Waals surface area (Å²) in [6, 6.07) is 0. The number of nitrogens with two attached hydrogens (primary N) is 1. The molecule has 0 aromatic carbocycles. The number of nitrogens with zero attached hydrogens (tertiary/aromatic N) is 3. The van der Waals surface area contributed by atoms with Crippen LogP contribution in [0.1, 0.15) is 12.6 Å². The van der Waals surface area contributed by atoms with Gasteiger partial charge in [-0.15, -0.1) is 6.42 Å². The SMILES string of the molecule is [B][C@]1(O)C[C@H](n2cc(F)c3c(N)ncnc32)O[C@]1(C#C)CO. The van der Waals surface area contributed by atoms with Crippen molar-refractivity contribution in [2.45, 2.75) is 23.8 Å². The maximum absolute atomic E-state index is 14.1. The molecule has 1 fully saturated rings. The lowest BCUT2D eigenvalue weighted by atomic mass is 9.68. The average molecular weight is 302 g/mol. The van der Waals surface area contributed by atoms with E-state index in [0.29, 0.717) is 0 Å². The molecule has 3 heterocycles. The minimum absolute atomic E-state index is 0.0207. The zero-order valence-corrected chi connectivity index (χ0v) is 11.4. The van der Waals surface area contributed by atoms with Crippen LogP contribution in [-0.2, 0) is 4.74 Å². The van der Waals surface area contributed by atoms with Crippen LogP contribution in [0.4, 0.5) is 10.2 Å². The summed E-state index contributed by atoms with van der Waals surface area (Å²) < 4.78 is 20.9. The molecule has 0 amide bonds. The Balaban J connectivity index is 2.12. The minimum Gasteiger partial charge on any atom is -0.396 e. The molecule has 0 aliphatic carbocycles. The van der Waals surface area contributed by atoms with Gasteiger partial charge in [-0.05, 0) is 0 Å². The standard InChI is InChI=1S/C13H12BFN4O3/c1-2-12(5-20)13(14,21)3-8(22-12)19-4-7(15)9-10(16)17-6-18-11(9)19/h1,4,6,8,20-21H,3,5H2,(H2,16,17,18)/t8-,12-,13+/m1/s1. The van der Waals surface area contributed by atoms with Crippen molar-refractivity contribution in [1.29, 1.82) is 0 Å². The molecule has 7 nitrogen and oxygen atoms in total. The number of anilines is 1. The Kier molecular flexibility index (Phi) is 3.14. The number of fused-ring (bicyclic) bond motifs is 1. The van der Waals surface area contributed by atoms with Gasteiger partial charge in [-0.1, -0.05) is 5.92 Å². The van der Waals surface area contributed by atoms with Crippen LogP contribution in [0.15, 0.2) is 12.5 Å². The third-order valence-corrected chi connectivity index (χ3v) is 3.88. The van der Waals surface area contributed by atoms with Crippen molar-refractivity contribution < 1.29 is 19.3 Å². The predicted octanol–water partition coefficient (Wildman–Crippen LogP) is -0.707. The molecule has 3 atom stereocenters. The van der Waals surface area contributed by atoms with Crippen LogP contribution in [-0.4, -0.2) is 50.3 Å². The number of terminal acetylenes is 1. The first kappa shape index (κ1) is 14.8. The Bertz CT molecular complexity index is 787. The van der Waals surface area contributed by atoms with Gasteiger partial charge in [0, 0.05) is 12.6 Å². The molecule has 0 bridgehead atoms. The number of nitrogen functional groups attached to an aromatic ring is 1. The largest absolute Gasteiger partial charge is 0.396 e. The Labute approximate surface area is 126 Å². The average Bonchev–Trinajstić information content (AvgIpc) is 2.94. The van der Waals surface area contributed by atoms with E-state index >= 15 is 0 Å². The van der Waals surface area contributed by atoms with Crippen molar-refractivity contribution in [1.82, 2.24) is 14.5 Å². The van der Waals surface area contributed by atoms with Gasteiger partial charge in [0.05, 0.1) is 17.5 Å². The summed E-state index contributed by atoms with van der Waals surface area (Å²) in [6.07, 6.45) is 6.54. The van der Waals surface area contributed by atoms with Crippen molar-refractivity contribution >= 4 is 24.7 Å². The van der Waals surface area contributed by atoms with E-state index in [1.165, 1.54) is 10.9 Å². The van der Waals surface area contributed by atoms with Crippen LogP contribution in [0.5, 0.6) is 0 Å². The molecule has 2 aromatic heterocycles. The van der Waals surface area contributed by atoms with Crippen LogP contribution in [0.2, 0.25) is 0 Å². The van der Waals surface area contributed by atoms with Gasteiger partial charge in [0.2, 0.25) is 0 Å². The Morgan fingerprint density at radius 2 is 2.36 bits per heavy atom. The highest BCUT2D eigenvalue weighted by Gasteiger charge is 2.55. The minimum atomic E-state index is -1.98. The smallest absolute Gasteiger partial charge is 0.173 e. The van der Waals surface area contributed by atoms with Gasteiger partial charge in [0.15, 0.2) is 17.1 Å². The Morgan fingerprint density at radius 1 is 1.64 bits per heavy atom. The fraction of sp³-hybridized carbons (Fsp3) is 0.385. The van der Waals surface area contributed by atoms with E-state index in [4.69, 9.17) is 24.7 Å². The normalized spacial score (nSPS) is 31.5. The van der Waals surface area contributed by atoms with Gasteiger partial charge in [-0.25, -0.2) is 14.4 Å². The molecular weight excluding hydrogens is 290 g/mol. The summed E-state index contributed by atoms with van der Waals surface area (Å²) in [4.78, 5) is 7.69. The molecule has 2 radical (unpaired) electrons. The van der Waals surface area contributed by atoms with Gasteiger partial charge in [-0.3, -0.25) is 0 Å². The first-order valence-corrected chi connectivity index (χ1v) is 6.39. The van der Waals surface area contributed by atoms with Gasteiger partial charge in [0.1, 0.15) is 26.2 Å². The molecular formula is C13H12BFN4O3. The van der Waals surface area contributed by atoms with Crippen molar-refractivity contribution in [3.05, 3.63) is 18.3 Å². The monoisotopic (exact) mass is 302 g/mol. The summed E-state index contributed by atoms with van der Waals surface area (Å²) in [5, 5.41) is 19.7. The lowest BCUT2D eigenvalue weighted by molar-refractivity contribution is -0.101. The molecule has 112 valence electrons. The summed E-state index contributed by atoms with van der Waals surface area (Å²) in [5.41, 5.74) is 2.05. The van der Waals surface area contributed by atoms with Crippen LogP contribution >= 0.6 is 0 Å². The van der Waals surface area contributed by atoms with Crippen molar-refractivity contribution in [3.63, 3.8) is 0 Å². The maximum atomic E-state index is 14.1. The third-order valence-electron chi connectivity index (χ3n) is 3.88. The Hall–Kier alpha value is -2.15. The lowest BCUT2D eigenvalue weighted by Crippen LogP contribution is -2.53. The second-order valence-electron chi connectivity index (χ2n) is 5.17. The highest BCUT2D eigenvalue weighted by atomic mass is 19.1. The summed E-state index contributed by atoms with van der Waals surface area (Å²) >= 11 is 0. The second kappa shape index (κ2) is 4.68. The number of rotatable bonds is 2. The highest BCUT2D eigenvalue weighted by Crippen LogP contribution is 2.43. The van der Waals surface area contributed by atoms with Crippen LogP contribution < -0.4 is 5.73 Å². The number of ether oxygens (including phenoxy) is 1. The molecule has 0 spiro atoms. The fourth-order valence-electron chi connectivity index (χ4n) is 2.62. The molecule has 1 saturated heterocycles. The first-order chi connectivity index (χ1) is 10.3. The van der Waals surface area contributed by atoms with Crippen molar-refractivity contribution in [2.75, 3.05) is 12.3 Å². The number of aliphatic hydroxyl groups excluding tert-OH is 1. The molecule has 0 unspecified atom stereocenters. The summed E-state index contributed by atoms with van der Waals surface area (Å²) in [7, 11) is 5.75. The van der Waals surface area contributed by atoms with E-state index in [2.05, 4.69) is 15.9 Å². The lowest BCUT2D eigenvalue weighted by Gasteiger charge is -2.32. The molecule has 9 heteroatoms. The number of hydrogen-bond donors (Lipinski definition) is 3. The molecule has 1 aliphatic heterocycles. The van der Waals surface area contributed by atoms with E-state index in [0.717, 1.165) is 6.20 Å². The second-order valence-corrected chi connectivity index (χ2v) is 5.17. The van der Waals surface area contributed by atoms with E-state index in [-0.39, 0.29) is 23.3 Å². The zero-order chi connectivity index (χ0) is 16.1. The number of aliphatic hydroxyl groups is 2. The topological polar surface area (TPSA) is 106 Å². The molecule has 22 heavy (non-hydrogen) atoms. The summed E-state index contributed by atoms with van der Waals surface area (Å²) in [6.45, 7) is -0.689. The third kappa shape index (κ3) is 1.82. The predicted molar refractivity (Wildman–Crippen MR) is 76.0 cm³/mol. The molecule has 2 aromatic rings. The number of aromatic nitrogens is 3. The molecule has 0 saturated carbocycles. The van der Waals surface area contributed by atoms with Crippen molar-refractivity contribution in [3.8, 4) is 12.3 Å².